The highest BCUT2D eigenvalue weighted by atomic mass is 32.2. The molecule has 1 aromatic rings. The molecule has 0 spiro atoms. The second-order valence-electron chi connectivity index (χ2n) is 6.18. The number of hydrogen-bond donors (Lipinski definition) is 2. The number of amides is 3. The van der Waals surface area contributed by atoms with Crippen LogP contribution in [0.2, 0.25) is 0 Å². The molecule has 138 valence electrons. The first-order chi connectivity index (χ1) is 12.1. The van der Waals surface area contributed by atoms with Crippen LogP contribution >= 0.6 is 11.8 Å². The van der Waals surface area contributed by atoms with Crippen molar-refractivity contribution < 1.29 is 9.59 Å². The fraction of sp³-hybridized carbons (Fsp3) is 0.647. The van der Waals surface area contributed by atoms with Crippen molar-refractivity contribution in [3.05, 3.63) is 18.5 Å². The minimum atomic E-state index is -0.476. The van der Waals surface area contributed by atoms with Gasteiger partial charge in [-0.3, -0.25) is 10.1 Å². The van der Waals surface area contributed by atoms with E-state index < -0.39 is 11.3 Å². The van der Waals surface area contributed by atoms with Crippen molar-refractivity contribution in [3.63, 3.8) is 0 Å². The van der Waals surface area contributed by atoms with Gasteiger partial charge in [0.15, 0.2) is 5.16 Å². The third-order valence-corrected chi connectivity index (χ3v) is 5.33. The molecule has 0 saturated heterocycles. The lowest BCUT2D eigenvalue weighted by Crippen LogP contribution is -2.42. The van der Waals surface area contributed by atoms with E-state index in [4.69, 9.17) is 0 Å². The zero-order valence-corrected chi connectivity index (χ0v) is 15.8. The number of carbonyl (C=O) groups excluding carboxylic acids is 2. The van der Waals surface area contributed by atoms with Crippen molar-refractivity contribution >= 4 is 23.7 Å². The van der Waals surface area contributed by atoms with Crippen LogP contribution < -0.4 is 10.6 Å². The topological polar surface area (TPSA) is 88.9 Å². The highest BCUT2D eigenvalue weighted by Crippen LogP contribution is 2.33. The Bertz CT molecular complexity index is 610. The maximum atomic E-state index is 12.1. The van der Waals surface area contributed by atoms with Crippen LogP contribution in [0.3, 0.4) is 0 Å². The molecule has 1 aliphatic rings. The molecule has 3 amide bonds. The van der Waals surface area contributed by atoms with Crippen LogP contribution in [0.1, 0.15) is 57.7 Å². The molecule has 1 heterocycles. The standard InChI is InChI=1S/C17H27N5O2S/c1-4-11-22-14(13-9-7-6-8-10-13)20-21-17(22)25-12(3)15(23)19-16(24)18-5-2/h4,12-13H,1,5-11H2,2-3H3,(H2,18,19,23,24)/t12-/m1/s1. The summed E-state index contributed by atoms with van der Waals surface area (Å²) >= 11 is 1.31. The SMILES string of the molecule is C=CCn1c(S[C@H](C)C(=O)NC(=O)NCC)nnc1C1CCCCC1. The lowest BCUT2D eigenvalue weighted by Gasteiger charge is -2.21. The monoisotopic (exact) mass is 365 g/mol. The summed E-state index contributed by atoms with van der Waals surface area (Å²) in [4.78, 5) is 23.6. The number of urea groups is 1. The van der Waals surface area contributed by atoms with E-state index in [2.05, 4.69) is 27.4 Å². The number of thioether (sulfide) groups is 1. The molecule has 0 bridgehead atoms. The summed E-state index contributed by atoms with van der Waals surface area (Å²) < 4.78 is 2.05. The van der Waals surface area contributed by atoms with E-state index in [1.807, 2.05) is 10.6 Å². The summed E-state index contributed by atoms with van der Waals surface area (Å²) in [6.45, 7) is 8.46. The molecule has 1 aromatic heterocycles. The third-order valence-electron chi connectivity index (χ3n) is 4.25. The maximum absolute atomic E-state index is 12.1. The van der Waals surface area contributed by atoms with E-state index in [0.717, 1.165) is 18.7 Å². The van der Waals surface area contributed by atoms with Crippen LogP contribution in [-0.2, 0) is 11.3 Å². The van der Waals surface area contributed by atoms with Crippen LogP contribution in [0.25, 0.3) is 0 Å². The molecule has 0 unspecified atom stereocenters. The largest absolute Gasteiger partial charge is 0.338 e. The summed E-state index contributed by atoms with van der Waals surface area (Å²) in [5, 5.41) is 13.8. The van der Waals surface area contributed by atoms with Gasteiger partial charge in [0.2, 0.25) is 5.91 Å². The molecular formula is C17H27N5O2S. The summed E-state index contributed by atoms with van der Waals surface area (Å²) in [6.07, 6.45) is 7.81. The predicted octanol–water partition coefficient (Wildman–Crippen LogP) is 2.84. The van der Waals surface area contributed by atoms with Gasteiger partial charge < -0.3 is 9.88 Å². The van der Waals surface area contributed by atoms with Gasteiger partial charge in [-0.25, -0.2) is 4.79 Å². The minimum Gasteiger partial charge on any atom is -0.338 e. The molecule has 1 fully saturated rings. The van der Waals surface area contributed by atoms with Gasteiger partial charge in [-0.2, -0.15) is 0 Å². The second kappa shape index (κ2) is 9.60. The van der Waals surface area contributed by atoms with Crippen LogP contribution in [0.4, 0.5) is 4.79 Å². The molecule has 8 heteroatoms. The Morgan fingerprint density at radius 2 is 2.08 bits per heavy atom. The zero-order valence-electron chi connectivity index (χ0n) is 15.0. The molecule has 1 atom stereocenters. The van der Waals surface area contributed by atoms with Crippen molar-refractivity contribution in [1.29, 1.82) is 0 Å². The average Bonchev–Trinajstić information content (AvgIpc) is 2.98. The Hall–Kier alpha value is -1.83. The Labute approximate surface area is 153 Å². The summed E-state index contributed by atoms with van der Waals surface area (Å²) in [6, 6.07) is -0.476. The molecule has 0 aromatic carbocycles. The predicted molar refractivity (Wildman–Crippen MR) is 98.6 cm³/mol. The molecule has 0 aliphatic heterocycles. The molecular weight excluding hydrogens is 338 g/mol. The van der Waals surface area contributed by atoms with Crippen molar-refractivity contribution in [1.82, 2.24) is 25.4 Å². The van der Waals surface area contributed by atoms with Gasteiger partial charge in [-0.05, 0) is 26.7 Å². The molecule has 0 radical (unpaired) electrons. The number of nitrogens with zero attached hydrogens (tertiary/aromatic N) is 3. The van der Waals surface area contributed by atoms with Crippen LogP contribution in [0, 0.1) is 0 Å². The van der Waals surface area contributed by atoms with E-state index in [1.165, 1.54) is 31.0 Å². The van der Waals surface area contributed by atoms with Gasteiger partial charge >= 0.3 is 6.03 Å². The highest BCUT2D eigenvalue weighted by molar-refractivity contribution is 8.00. The molecule has 7 nitrogen and oxygen atoms in total. The summed E-state index contributed by atoms with van der Waals surface area (Å²) in [5.41, 5.74) is 0. The first-order valence-corrected chi connectivity index (χ1v) is 9.74. The Morgan fingerprint density at radius 1 is 1.36 bits per heavy atom. The van der Waals surface area contributed by atoms with Crippen LogP contribution in [0.5, 0.6) is 0 Å². The van der Waals surface area contributed by atoms with Gasteiger partial charge in [0, 0.05) is 19.0 Å². The van der Waals surface area contributed by atoms with Gasteiger partial charge in [0.05, 0.1) is 5.25 Å². The van der Waals surface area contributed by atoms with Crippen molar-refractivity contribution in [2.75, 3.05) is 6.54 Å². The van der Waals surface area contributed by atoms with E-state index >= 15 is 0 Å². The fourth-order valence-electron chi connectivity index (χ4n) is 2.98. The Morgan fingerprint density at radius 3 is 2.72 bits per heavy atom. The molecule has 1 saturated carbocycles. The van der Waals surface area contributed by atoms with Crippen LogP contribution in [-0.4, -0.2) is 38.5 Å². The van der Waals surface area contributed by atoms with E-state index in [1.54, 1.807) is 13.8 Å². The number of aromatic nitrogens is 3. The van der Waals surface area contributed by atoms with Gasteiger partial charge in [-0.15, -0.1) is 16.8 Å². The zero-order chi connectivity index (χ0) is 18.2. The van der Waals surface area contributed by atoms with Gasteiger partial charge in [-0.1, -0.05) is 37.1 Å². The number of hydrogen-bond acceptors (Lipinski definition) is 5. The average molecular weight is 366 g/mol. The second-order valence-corrected chi connectivity index (χ2v) is 7.49. The fourth-order valence-corrected chi connectivity index (χ4v) is 3.85. The smallest absolute Gasteiger partial charge is 0.321 e. The number of imide groups is 1. The molecule has 2 N–H and O–H groups in total. The highest BCUT2D eigenvalue weighted by Gasteiger charge is 2.25. The summed E-state index contributed by atoms with van der Waals surface area (Å²) in [5.74, 6) is 1.07. The van der Waals surface area contributed by atoms with Crippen molar-refractivity contribution in [2.45, 2.75) is 68.8 Å². The molecule has 25 heavy (non-hydrogen) atoms. The number of allylic oxidation sites excluding steroid dienone is 1. The normalized spacial score (nSPS) is 16.2. The Kier molecular flexibility index (Phi) is 7.49. The van der Waals surface area contributed by atoms with Gasteiger partial charge in [0.1, 0.15) is 5.82 Å². The number of carbonyl (C=O) groups is 2. The van der Waals surface area contributed by atoms with Crippen molar-refractivity contribution in [3.8, 4) is 0 Å². The third kappa shape index (κ3) is 5.32. The Balaban J connectivity index is 2.07. The quantitative estimate of drug-likeness (QED) is 0.573. The van der Waals surface area contributed by atoms with E-state index in [9.17, 15) is 9.59 Å². The minimum absolute atomic E-state index is 0.344. The maximum Gasteiger partial charge on any atom is 0.321 e. The molecule has 2 rings (SSSR count). The van der Waals surface area contributed by atoms with Crippen LogP contribution in [0.15, 0.2) is 17.8 Å². The van der Waals surface area contributed by atoms with Gasteiger partial charge in [0.25, 0.3) is 0 Å². The summed E-state index contributed by atoms with van der Waals surface area (Å²) in [7, 11) is 0. The lowest BCUT2D eigenvalue weighted by molar-refractivity contribution is -0.119. The van der Waals surface area contributed by atoms with E-state index in [-0.39, 0.29) is 5.91 Å². The molecule has 1 aliphatic carbocycles. The van der Waals surface area contributed by atoms with Crippen molar-refractivity contribution in [2.24, 2.45) is 0 Å². The lowest BCUT2D eigenvalue weighted by atomic mass is 9.89. The first kappa shape index (κ1) is 19.5. The van der Waals surface area contributed by atoms with E-state index in [0.29, 0.717) is 24.2 Å². The first-order valence-electron chi connectivity index (χ1n) is 8.86. The number of rotatable bonds is 7. The number of nitrogens with one attached hydrogen (secondary N) is 2.